The molecule has 1 aliphatic heterocycles. The second-order valence-corrected chi connectivity index (χ2v) is 5.49. The van der Waals surface area contributed by atoms with Crippen LogP contribution in [0.1, 0.15) is 52.4 Å². The van der Waals surface area contributed by atoms with E-state index in [0.29, 0.717) is 32.1 Å². The number of nitrogens with zero attached hydrogens (tertiary/aromatic N) is 1. The highest BCUT2D eigenvalue weighted by atomic mass is 16.3. The predicted octanol–water partition coefficient (Wildman–Crippen LogP) is 1.34. The molecule has 106 valence electrons. The number of carbonyl (C=O) groups excluding carboxylic acids is 1. The Morgan fingerprint density at radius 3 is 2.50 bits per heavy atom. The molecule has 0 aliphatic carbocycles. The Labute approximate surface area is 110 Å². The van der Waals surface area contributed by atoms with Crippen molar-refractivity contribution in [3.63, 3.8) is 0 Å². The fourth-order valence-electron chi connectivity index (χ4n) is 2.73. The quantitative estimate of drug-likeness (QED) is 0.754. The lowest BCUT2D eigenvalue weighted by Gasteiger charge is -2.42. The molecule has 0 saturated carbocycles. The Hall–Kier alpha value is -0.450. The summed E-state index contributed by atoms with van der Waals surface area (Å²) in [5, 5.41) is 19.7. The van der Waals surface area contributed by atoms with Crippen molar-refractivity contribution in [3.05, 3.63) is 0 Å². The summed E-state index contributed by atoms with van der Waals surface area (Å²) in [6.45, 7) is 3.84. The number of likely N-dealkylation sites (tertiary alicyclic amines) is 1. The maximum atomic E-state index is 11.6. The molecule has 4 unspecified atom stereocenters. The zero-order chi connectivity index (χ0) is 13.7. The first-order chi connectivity index (χ1) is 8.47. The number of hydrogen-bond acceptors (Lipinski definition) is 4. The standard InChI is InChI=1S/C14H27NO3/c1-4-12(16)6-10-8-14(18)9-11(15(10)3)7-13(17)5-2/h10-12,14,16,18H,4-9H2,1-3H3. The van der Waals surface area contributed by atoms with Gasteiger partial charge in [0, 0.05) is 24.9 Å². The summed E-state index contributed by atoms with van der Waals surface area (Å²) in [6.07, 6.45) is 3.20. The van der Waals surface area contributed by atoms with E-state index < -0.39 is 0 Å². The highest BCUT2D eigenvalue weighted by Crippen LogP contribution is 2.27. The Balaban J connectivity index is 2.61. The average Bonchev–Trinajstić information content (AvgIpc) is 2.34. The molecular formula is C14H27NO3. The third-order valence-corrected chi connectivity index (χ3v) is 4.11. The Morgan fingerprint density at radius 1 is 1.33 bits per heavy atom. The van der Waals surface area contributed by atoms with Crippen molar-refractivity contribution in [3.8, 4) is 0 Å². The normalized spacial score (nSPS) is 31.3. The number of piperidine rings is 1. The Morgan fingerprint density at radius 2 is 1.94 bits per heavy atom. The highest BCUT2D eigenvalue weighted by Gasteiger charge is 2.33. The van der Waals surface area contributed by atoms with E-state index in [-0.39, 0.29) is 30.1 Å². The smallest absolute Gasteiger partial charge is 0.134 e. The average molecular weight is 257 g/mol. The van der Waals surface area contributed by atoms with Crippen molar-refractivity contribution in [1.82, 2.24) is 4.90 Å². The van der Waals surface area contributed by atoms with Crippen molar-refractivity contribution in [2.45, 2.75) is 76.7 Å². The lowest BCUT2D eigenvalue weighted by molar-refractivity contribution is -0.121. The van der Waals surface area contributed by atoms with Gasteiger partial charge in [0.1, 0.15) is 5.78 Å². The van der Waals surface area contributed by atoms with Gasteiger partial charge < -0.3 is 10.2 Å². The van der Waals surface area contributed by atoms with Crippen LogP contribution in [-0.2, 0) is 4.79 Å². The summed E-state index contributed by atoms with van der Waals surface area (Å²) in [7, 11) is 2.01. The largest absolute Gasteiger partial charge is 0.393 e. The molecule has 0 amide bonds. The summed E-state index contributed by atoms with van der Waals surface area (Å²) >= 11 is 0. The van der Waals surface area contributed by atoms with E-state index >= 15 is 0 Å². The van der Waals surface area contributed by atoms with Crippen molar-refractivity contribution >= 4 is 5.78 Å². The maximum absolute atomic E-state index is 11.6. The third kappa shape index (κ3) is 4.34. The molecule has 0 aromatic carbocycles. The van der Waals surface area contributed by atoms with E-state index in [4.69, 9.17) is 0 Å². The second kappa shape index (κ2) is 7.22. The van der Waals surface area contributed by atoms with Gasteiger partial charge in [-0.1, -0.05) is 13.8 Å². The van der Waals surface area contributed by atoms with Crippen molar-refractivity contribution in [2.75, 3.05) is 7.05 Å². The van der Waals surface area contributed by atoms with Crippen LogP contribution in [0.25, 0.3) is 0 Å². The van der Waals surface area contributed by atoms with Gasteiger partial charge in [-0.25, -0.2) is 0 Å². The van der Waals surface area contributed by atoms with Gasteiger partial charge in [-0.05, 0) is 32.7 Å². The molecule has 4 nitrogen and oxygen atoms in total. The van der Waals surface area contributed by atoms with Gasteiger partial charge in [0.25, 0.3) is 0 Å². The second-order valence-electron chi connectivity index (χ2n) is 5.49. The van der Waals surface area contributed by atoms with E-state index in [1.807, 2.05) is 20.9 Å². The number of ketones is 1. The summed E-state index contributed by atoms with van der Waals surface area (Å²) in [5.41, 5.74) is 0. The highest BCUT2D eigenvalue weighted by molar-refractivity contribution is 5.78. The lowest BCUT2D eigenvalue weighted by atomic mass is 9.88. The van der Waals surface area contributed by atoms with Crippen LogP contribution >= 0.6 is 0 Å². The van der Waals surface area contributed by atoms with Gasteiger partial charge in [-0.15, -0.1) is 0 Å². The first-order valence-corrected chi connectivity index (χ1v) is 7.07. The molecule has 0 spiro atoms. The van der Waals surface area contributed by atoms with E-state index in [2.05, 4.69) is 4.90 Å². The summed E-state index contributed by atoms with van der Waals surface area (Å²) in [6, 6.07) is 0.300. The van der Waals surface area contributed by atoms with E-state index in [1.54, 1.807) is 0 Å². The zero-order valence-corrected chi connectivity index (χ0v) is 11.8. The van der Waals surface area contributed by atoms with Crippen LogP contribution in [0.15, 0.2) is 0 Å². The first kappa shape index (κ1) is 15.6. The minimum Gasteiger partial charge on any atom is -0.393 e. The minimum atomic E-state index is -0.343. The molecule has 18 heavy (non-hydrogen) atoms. The Bertz CT molecular complexity index is 270. The fourth-order valence-corrected chi connectivity index (χ4v) is 2.73. The van der Waals surface area contributed by atoms with Gasteiger partial charge in [0.05, 0.1) is 12.2 Å². The third-order valence-electron chi connectivity index (χ3n) is 4.11. The molecule has 2 N–H and O–H groups in total. The van der Waals surface area contributed by atoms with Gasteiger partial charge in [0.2, 0.25) is 0 Å². The van der Waals surface area contributed by atoms with Crippen LogP contribution < -0.4 is 0 Å². The number of carbonyl (C=O) groups is 1. The van der Waals surface area contributed by atoms with Crippen LogP contribution in [0, 0.1) is 0 Å². The number of aliphatic hydroxyl groups is 2. The molecule has 0 aromatic heterocycles. The van der Waals surface area contributed by atoms with Gasteiger partial charge >= 0.3 is 0 Å². The van der Waals surface area contributed by atoms with Crippen LogP contribution in [0.5, 0.6) is 0 Å². The molecule has 4 heteroatoms. The van der Waals surface area contributed by atoms with E-state index in [0.717, 1.165) is 6.42 Å². The number of rotatable bonds is 6. The van der Waals surface area contributed by atoms with Crippen LogP contribution in [0.3, 0.4) is 0 Å². The molecule has 1 heterocycles. The molecule has 1 fully saturated rings. The van der Waals surface area contributed by atoms with Crippen molar-refractivity contribution in [2.24, 2.45) is 0 Å². The van der Waals surface area contributed by atoms with Gasteiger partial charge in [-0.3, -0.25) is 9.69 Å². The lowest BCUT2D eigenvalue weighted by Crippen LogP contribution is -2.50. The van der Waals surface area contributed by atoms with Crippen molar-refractivity contribution < 1.29 is 15.0 Å². The predicted molar refractivity (Wildman–Crippen MR) is 71.4 cm³/mol. The molecule has 0 radical (unpaired) electrons. The zero-order valence-electron chi connectivity index (χ0n) is 11.8. The molecule has 1 aliphatic rings. The minimum absolute atomic E-state index is 0.121. The molecule has 0 aromatic rings. The number of aliphatic hydroxyl groups excluding tert-OH is 2. The van der Waals surface area contributed by atoms with Crippen LogP contribution in [0.4, 0.5) is 0 Å². The summed E-state index contributed by atoms with van der Waals surface area (Å²) < 4.78 is 0. The van der Waals surface area contributed by atoms with Gasteiger partial charge in [0.15, 0.2) is 0 Å². The maximum Gasteiger partial charge on any atom is 0.134 e. The SMILES string of the molecule is CCC(=O)CC1CC(O)CC(CC(O)CC)N1C. The summed E-state index contributed by atoms with van der Waals surface area (Å²) in [4.78, 5) is 13.7. The van der Waals surface area contributed by atoms with E-state index in [9.17, 15) is 15.0 Å². The van der Waals surface area contributed by atoms with Crippen molar-refractivity contribution in [1.29, 1.82) is 0 Å². The number of Topliss-reactive ketones (excluding diaryl/α,β-unsaturated/α-hetero) is 1. The van der Waals surface area contributed by atoms with Gasteiger partial charge in [-0.2, -0.15) is 0 Å². The van der Waals surface area contributed by atoms with Crippen LogP contribution in [-0.4, -0.2) is 52.2 Å². The fraction of sp³-hybridized carbons (Fsp3) is 0.929. The van der Waals surface area contributed by atoms with Crippen LogP contribution in [0.2, 0.25) is 0 Å². The molecular weight excluding hydrogens is 230 g/mol. The topological polar surface area (TPSA) is 60.8 Å². The van der Waals surface area contributed by atoms with E-state index in [1.165, 1.54) is 0 Å². The Kier molecular flexibility index (Phi) is 6.26. The summed E-state index contributed by atoms with van der Waals surface area (Å²) in [5.74, 6) is 0.246. The molecule has 1 rings (SSSR count). The molecule has 4 atom stereocenters. The molecule has 0 bridgehead atoms. The first-order valence-electron chi connectivity index (χ1n) is 7.07. The number of hydrogen-bond donors (Lipinski definition) is 2. The molecule has 1 saturated heterocycles. The monoisotopic (exact) mass is 257 g/mol.